The van der Waals surface area contributed by atoms with E-state index < -0.39 is 11.7 Å². The van der Waals surface area contributed by atoms with Crippen molar-refractivity contribution >= 4 is 0 Å². The quantitative estimate of drug-likeness (QED) is 0.889. The van der Waals surface area contributed by atoms with Gasteiger partial charge in [0, 0.05) is 12.1 Å². The van der Waals surface area contributed by atoms with Gasteiger partial charge in [0.2, 0.25) is 0 Å². The fraction of sp³-hybridized carbons (Fsp3) is 0.600. The van der Waals surface area contributed by atoms with E-state index in [0.29, 0.717) is 6.42 Å². The van der Waals surface area contributed by atoms with Gasteiger partial charge in [0.1, 0.15) is 0 Å². The first-order valence-corrected chi connectivity index (χ1v) is 6.98. The van der Waals surface area contributed by atoms with E-state index in [-0.39, 0.29) is 23.8 Å². The van der Waals surface area contributed by atoms with Crippen LogP contribution >= 0.6 is 0 Å². The molecule has 3 unspecified atom stereocenters. The molecule has 1 aliphatic rings. The highest BCUT2D eigenvalue weighted by Crippen LogP contribution is 2.35. The summed E-state index contributed by atoms with van der Waals surface area (Å²) in [6.45, 7) is 1.74. The maximum absolute atomic E-state index is 13.0. The van der Waals surface area contributed by atoms with Gasteiger partial charge < -0.3 is 10.4 Å². The molecule has 2 rings (SSSR count). The Hall–Kier alpha value is -1.07. The van der Waals surface area contributed by atoms with Crippen LogP contribution in [0, 0.1) is 0 Å². The van der Waals surface area contributed by atoms with E-state index in [2.05, 4.69) is 5.32 Å². The first kappa shape index (κ1) is 15.3. The zero-order chi connectivity index (χ0) is 14.8. The van der Waals surface area contributed by atoms with Crippen LogP contribution in [0.2, 0.25) is 0 Å². The maximum atomic E-state index is 13.0. The fourth-order valence-corrected chi connectivity index (χ4v) is 2.89. The zero-order valence-corrected chi connectivity index (χ0v) is 11.5. The smallest absolute Gasteiger partial charge is 0.393 e. The Morgan fingerprint density at radius 3 is 2.60 bits per heavy atom. The Morgan fingerprint density at radius 1 is 1.25 bits per heavy atom. The molecule has 0 spiro atoms. The van der Waals surface area contributed by atoms with Gasteiger partial charge in [0.15, 0.2) is 0 Å². The number of halogens is 3. The van der Waals surface area contributed by atoms with Crippen molar-refractivity contribution in [3.63, 3.8) is 0 Å². The summed E-state index contributed by atoms with van der Waals surface area (Å²) in [5, 5.41) is 12.8. The van der Waals surface area contributed by atoms with E-state index >= 15 is 0 Å². The SMILES string of the molecule is CC(NC1CCCC(O)C1)c1ccccc1C(F)(F)F. The number of nitrogens with one attached hydrogen (secondary N) is 1. The molecule has 1 aromatic rings. The van der Waals surface area contributed by atoms with Crippen LogP contribution < -0.4 is 5.32 Å². The Morgan fingerprint density at radius 2 is 1.95 bits per heavy atom. The molecule has 1 fully saturated rings. The third-order valence-corrected chi connectivity index (χ3v) is 3.86. The van der Waals surface area contributed by atoms with Crippen LogP contribution in [-0.4, -0.2) is 17.3 Å². The van der Waals surface area contributed by atoms with Crippen molar-refractivity contribution in [3.8, 4) is 0 Å². The number of hydrogen-bond donors (Lipinski definition) is 2. The van der Waals surface area contributed by atoms with Gasteiger partial charge in [-0.05, 0) is 44.2 Å². The second kappa shape index (κ2) is 6.14. The molecule has 112 valence electrons. The van der Waals surface area contributed by atoms with Gasteiger partial charge in [-0.25, -0.2) is 0 Å². The van der Waals surface area contributed by atoms with Crippen molar-refractivity contribution in [2.75, 3.05) is 0 Å². The third-order valence-electron chi connectivity index (χ3n) is 3.86. The molecule has 1 aromatic carbocycles. The lowest BCUT2D eigenvalue weighted by Gasteiger charge is -2.30. The minimum Gasteiger partial charge on any atom is -0.393 e. The van der Waals surface area contributed by atoms with Crippen LogP contribution in [0.1, 0.15) is 49.8 Å². The minimum absolute atomic E-state index is 0.0787. The molecule has 0 bridgehead atoms. The second-order valence-corrected chi connectivity index (χ2v) is 5.49. The maximum Gasteiger partial charge on any atom is 0.416 e. The number of rotatable bonds is 3. The number of aliphatic hydroxyl groups is 1. The monoisotopic (exact) mass is 287 g/mol. The predicted molar refractivity (Wildman–Crippen MR) is 71.3 cm³/mol. The summed E-state index contributed by atoms with van der Waals surface area (Å²) in [7, 11) is 0. The summed E-state index contributed by atoms with van der Waals surface area (Å²) >= 11 is 0. The summed E-state index contributed by atoms with van der Waals surface area (Å²) in [5.74, 6) is 0. The largest absolute Gasteiger partial charge is 0.416 e. The normalized spacial score (nSPS) is 25.4. The van der Waals surface area contributed by atoms with Crippen molar-refractivity contribution < 1.29 is 18.3 Å². The van der Waals surface area contributed by atoms with Crippen LogP contribution in [0.25, 0.3) is 0 Å². The predicted octanol–water partition coefficient (Wildman–Crippen LogP) is 3.66. The van der Waals surface area contributed by atoms with Crippen molar-refractivity contribution in [2.24, 2.45) is 0 Å². The van der Waals surface area contributed by atoms with Gasteiger partial charge in [0.25, 0.3) is 0 Å². The van der Waals surface area contributed by atoms with E-state index in [9.17, 15) is 18.3 Å². The molecule has 5 heteroatoms. The Bertz CT molecular complexity index is 447. The van der Waals surface area contributed by atoms with E-state index in [0.717, 1.165) is 25.3 Å². The van der Waals surface area contributed by atoms with Crippen molar-refractivity contribution in [1.82, 2.24) is 5.32 Å². The van der Waals surface area contributed by atoms with E-state index in [1.54, 1.807) is 13.0 Å². The van der Waals surface area contributed by atoms with Crippen LogP contribution in [0.4, 0.5) is 13.2 Å². The Kier molecular flexibility index (Phi) is 4.70. The first-order chi connectivity index (χ1) is 9.38. The first-order valence-electron chi connectivity index (χ1n) is 6.98. The lowest BCUT2D eigenvalue weighted by molar-refractivity contribution is -0.138. The van der Waals surface area contributed by atoms with E-state index in [1.807, 2.05) is 0 Å². The zero-order valence-electron chi connectivity index (χ0n) is 11.5. The summed E-state index contributed by atoms with van der Waals surface area (Å²) < 4.78 is 38.9. The Labute approximate surface area is 117 Å². The van der Waals surface area contributed by atoms with E-state index in [4.69, 9.17) is 0 Å². The molecule has 1 saturated carbocycles. The highest BCUT2D eigenvalue weighted by molar-refractivity contribution is 5.32. The molecule has 0 radical (unpaired) electrons. The lowest BCUT2D eigenvalue weighted by atomic mass is 9.91. The molecule has 1 aliphatic carbocycles. The van der Waals surface area contributed by atoms with Gasteiger partial charge in [0.05, 0.1) is 11.7 Å². The minimum atomic E-state index is -4.33. The molecular formula is C15H20F3NO. The molecule has 0 saturated heterocycles. The van der Waals surface area contributed by atoms with Gasteiger partial charge in [-0.1, -0.05) is 18.2 Å². The highest BCUT2D eigenvalue weighted by Gasteiger charge is 2.34. The number of benzene rings is 1. The van der Waals surface area contributed by atoms with Gasteiger partial charge >= 0.3 is 6.18 Å². The summed E-state index contributed by atoms with van der Waals surface area (Å²) in [6, 6.07) is 5.35. The molecule has 0 heterocycles. The number of alkyl halides is 3. The fourth-order valence-electron chi connectivity index (χ4n) is 2.89. The molecule has 0 aliphatic heterocycles. The summed E-state index contributed by atoms with van der Waals surface area (Å²) in [5.41, 5.74) is -0.323. The van der Waals surface area contributed by atoms with Crippen LogP contribution in [0.15, 0.2) is 24.3 Å². The Balaban J connectivity index is 2.11. The molecule has 0 amide bonds. The molecule has 3 atom stereocenters. The molecule has 0 aromatic heterocycles. The third kappa shape index (κ3) is 3.73. The average molecular weight is 287 g/mol. The van der Waals surface area contributed by atoms with Gasteiger partial charge in [-0.2, -0.15) is 13.2 Å². The lowest BCUT2D eigenvalue weighted by Crippen LogP contribution is -2.38. The summed E-state index contributed by atoms with van der Waals surface area (Å²) in [4.78, 5) is 0. The van der Waals surface area contributed by atoms with Crippen molar-refractivity contribution in [1.29, 1.82) is 0 Å². The summed E-state index contributed by atoms with van der Waals surface area (Å²) in [6.07, 6.45) is -1.48. The van der Waals surface area contributed by atoms with Crippen molar-refractivity contribution in [2.45, 2.75) is 57.0 Å². The standard InChI is InChI=1S/C15H20F3NO/c1-10(19-11-5-4-6-12(20)9-11)13-7-2-3-8-14(13)15(16,17)18/h2-3,7-8,10-12,19-20H,4-6,9H2,1H3. The van der Waals surface area contributed by atoms with E-state index in [1.165, 1.54) is 12.1 Å². The molecule has 2 nitrogen and oxygen atoms in total. The van der Waals surface area contributed by atoms with Gasteiger partial charge in [-0.3, -0.25) is 0 Å². The molecular weight excluding hydrogens is 267 g/mol. The van der Waals surface area contributed by atoms with Gasteiger partial charge in [-0.15, -0.1) is 0 Å². The van der Waals surface area contributed by atoms with Crippen molar-refractivity contribution in [3.05, 3.63) is 35.4 Å². The van der Waals surface area contributed by atoms with Crippen LogP contribution in [0.3, 0.4) is 0 Å². The van der Waals surface area contributed by atoms with Crippen LogP contribution in [0.5, 0.6) is 0 Å². The topological polar surface area (TPSA) is 32.3 Å². The highest BCUT2D eigenvalue weighted by atomic mass is 19.4. The second-order valence-electron chi connectivity index (χ2n) is 5.49. The number of hydrogen-bond acceptors (Lipinski definition) is 2. The average Bonchev–Trinajstić information content (AvgIpc) is 2.37. The number of aliphatic hydroxyl groups excluding tert-OH is 1. The molecule has 20 heavy (non-hydrogen) atoms. The van der Waals surface area contributed by atoms with Crippen LogP contribution in [-0.2, 0) is 6.18 Å². The molecule has 2 N–H and O–H groups in total.